The van der Waals surface area contributed by atoms with Crippen molar-refractivity contribution in [2.24, 2.45) is 20.5 Å². The van der Waals surface area contributed by atoms with E-state index in [2.05, 4.69) is 30.5 Å². The number of benzene rings is 2. The molecule has 0 aliphatic rings. The third-order valence-corrected chi connectivity index (χ3v) is 4.49. The smallest absolute Gasteiger partial charge is 0.189 e. The fraction of sp³-hybridized carbons (Fsp3) is 0. The van der Waals surface area contributed by atoms with E-state index in [1.807, 2.05) is 0 Å². The molecule has 4 aromatic rings. The van der Waals surface area contributed by atoms with Gasteiger partial charge in [-0.25, -0.2) is 4.98 Å². The molecular weight excluding hydrogens is 427 g/mol. The van der Waals surface area contributed by atoms with Gasteiger partial charge in [0.2, 0.25) is 0 Å². The van der Waals surface area contributed by atoms with Gasteiger partial charge in [-0.2, -0.15) is 14.7 Å². The zero-order chi connectivity index (χ0) is 21.3. The molecule has 30 heavy (non-hydrogen) atoms. The Morgan fingerprint density at radius 3 is 1.70 bits per heavy atom. The van der Waals surface area contributed by atoms with E-state index in [1.165, 1.54) is 4.52 Å². The van der Waals surface area contributed by atoms with Gasteiger partial charge >= 0.3 is 0 Å². The van der Waals surface area contributed by atoms with E-state index in [0.717, 1.165) is 0 Å². The number of halogens is 2. The van der Waals surface area contributed by atoms with Crippen LogP contribution >= 0.6 is 23.2 Å². The molecule has 150 valence electrons. The van der Waals surface area contributed by atoms with Crippen LogP contribution in [0.1, 0.15) is 0 Å². The standard InChI is InChI=1S/C18H14Cl2N10/c19-9-1-5-11(6-2-9)25-27-13-15(21)24-18-14(16(22)29-30(18)17(13)23)28-26-12-7-3-10(20)4-8-12/h1-8H,23H2,(H2,21,24)(H2,22,29). The van der Waals surface area contributed by atoms with Gasteiger partial charge in [-0.3, -0.25) is 0 Å². The number of aromatic nitrogens is 3. The lowest BCUT2D eigenvalue weighted by molar-refractivity contribution is 0.955. The minimum absolute atomic E-state index is 0.0422. The van der Waals surface area contributed by atoms with Crippen LogP contribution in [0.25, 0.3) is 5.65 Å². The van der Waals surface area contributed by atoms with Crippen LogP contribution in [0.4, 0.5) is 40.2 Å². The van der Waals surface area contributed by atoms with Gasteiger partial charge in [-0.1, -0.05) is 23.2 Å². The summed E-state index contributed by atoms with van der Waals surface area (Å²) < 4.78 is 1.29. The summed E-state index contributed by atoms with van der Waals surface area (Å²) in [4.78, 5) is 4.28. The Kier molecular flexibility index (Phi) is 5.17. The third-order valence-electron chi connectivity index (χ3n) is 3.99. The van der Waals surface area contributed by atoms with E-state index in [9.17, 15) is 0 Å². The lowest BCUT2D eigenvalue weighted by Gasteiger charge is -2.05. The number of rotatable bonds is 4. The first-order valence-corrected chi connectivity index (χ1v) is 9.26. The molecule has 0 spiro atoms. The molecule has 0 atom stereocenters. The van der Waals surface area contributed by atoms with Crippen LogP contribution < -0.4 is 17.2 Å². The van der Waals surface area contributed by atoms with Gasteiger partial charge in [-0.15, -0.1) is 15.3 Å². The number of hydrogen-bond acceptors (Lipinski definition) is 9. The minimum Gasteiger partial charge on any atom is -0.382 e. The van der Waals surface area contributed by atoms with E-state index < -0.39 is 0 Å². The molecule has 2 aromatic carbocycles. The number of hydrogen-bond donors (Lipinski definition) is 3. The number of nitrogen functional groups attached to an aromatic ring is 3. The Hall–Kier alpha value is -3.76. The highest BCUT2D eigenvalue weighted by Gasteiger charge is 2.18. The SMILES string of the molecule is Nc1nc2c(N=Nc3ccc(Cl)cc3)c(N)nn2c(N)c1N=Nc1ccc(Cl)cc1. The van der Waals surface area contributed by atoms with Crippen LogP contribution in [0, 0.1) is 0 Å². The average Bonchev–Trinajstić information content (AvgIpc) is 3.04. The van der Waals surface area contributed by atoms with Crippen LogP contribution in [0.5, 0.6) is 0 Å². The topological polar surface area (TPSA) is 158 Å². The Morgan fingerprint density at radius 2 is 1.17 bits per heavy atom. The average molecular weight is 441 g/mol. The van der Waals surface area contributed by atoms with Gasteiger partial charge in [0.25, 0.3) is 0 Å². The van der Waals surface area contributed by atoms with Crippen molar-refractivity contribution in [3.8, 4) is 0 Å². The summed E-state index contributed by atoms with van der Waals surface area (Å²) in [5, 5.41) is 21.8. The number of azo groups is 2. The molecule has 0 fully saturated rings. The first-order valence-electron chi connectivity index (χ1n) is 8.50. The van der Waals surface area contributed by atoms with E-state index in [1.54, 1.807) is 48.5 Å². The summed E-state index contributed by atoms with van der Waals surface area (Å²) in [5.74, 6) is 0.230. The van der Waals surface area contributed by atoms with E-state index in [-0.39, 0.29) is 34.5 Å². The lowest BCUT2D eigenvalue weighted by atomic mass is 10.3. The molecule has 0 aliphatic heterocycles. The van der Waals surface area contributed by atoms with Gasteiger partial charge in [0.1, 0.15) is 0 Å². The van der Waals surface area contributed by atoms with Crippen molar-refractivity contribution >= 4 is 69.1 Å². The maximum atomic E-state index is 6.18. The van der Waals surface area contributed by atoms with Crippen LogP contribution in [0.3, 0.4) is 0 Å². The van der Waals surface area contributed by atoms with Crippen LogP contribution in [-0.2, 0) is 0 Å². The highest BCUT2D eigenvalue weighted by molar-refractivity contribution is 6.30. The quantitative estimate of drug-likeness (QED) is 0.351. The Morgan fingerprint density at radius 1 is 0.667 bits per heavy atom. The molecule has 0 saturated carbocycles. The zero-order valence-electron chi connectivity index (χ0n) is 15.2. The van der Waals surface area contributed by atoms with Gasteiger partial charge in [0.05, 0.1) is 11.4 Å². The molecular formula is C18H14Cl2N10. The fourth-order valence-electron chi connectivity index (χ4n) is 2.51. The molecule has 0 aliphatic carbocycles. The first-order chi connectivity index (χ1) is 14.4. The second kappa shape index (κ2) is 7.93. The zero-order valence-corrected chi connectivity index (χ0v) is 16.7. The molecule has 6 N–H and O–H groups in total. The van der Waals surface area contributed by atoms with Gasteiger partial charge in [0, 0.05) is 10.0 Å². The van der Waals surface area contributed by atoms with E-state index in [0.29, 0.717) is 21.4 Å². The molecule has 0 radical (unpaired) electrons. The number of nitrogens with two attached hydrogens (primary N) is 3. The predicted molar refractivity (Wildman–Crippen MR) is 117 cm³/mol. The highest BCUT2D eigenvalue weighted by Crippen LogP contribution is 2.36. The number of anilines is 3. The summed E-state index contributed by atoms with van der Waals surface area (Å²) in [6, 6.07) is 13.6. The van der Waals surface area contributed by atoms with Crippen molar-refractivity contribution in [2.45, 2.75) is 0 Å². The van der Waals surface area contributed by atoms with Gasteiger partial charge in [-0.05, 0) is 48.5 Å². The van der Waals surface area contributed by atoms with Crippen molar-refractivity contribution in [1.82, 2.24) is 14.6 Å². The van der Waals surface area contributed by atoms with Gasteiger partial charge in [0.15, 0.2) is 34.5 Å². The summed E-state index contributed by atoms with van der Waals surface area (Å²) >= 11 is 11.7. The van der Waals surface area contributed by atoms with Crippen LogP contribution in [0.15, 0.2) is 69.0 Å². The third kappa shape index (κ3) is 3.86. The van der Waals surface area contributed by atoms with Crippen molar-refractivity contribution < 1.29 is 0 Å². The van der Waals surface area contributed by atoms with Crippen LogP contribution in [-0.4, -0.2) is 14.6 Å². The normalized spacial score (nSPS) is 11.8. The maximum Gasteiger partial charge on any atom is 0.189 e. The molecule has 0 bridgehead atoms. The van der Waals surface area contributed by atoms with E-state index in [4.69, 9.17) is 40.4 Å². The predicted octanol–water partition coefficient (Wildman–Crippen LogP) is 5.61. The Balaban J connectivity index is 1.72. The molecule has 2 aromatic heterocycles. The molecule has 4 rings (SSSR count). The molecule has 2 heterocycles. The fourth-order valence-corrected chi connectivity index (χ4v) is 2.77. The second-order valence-corrected chi connectivity index (χ2v) is 6.93. The Bertz CT molecular complexity index is 1280. The molecule has 0 saturated heterocycles. The minimum atomic E-state index is 0.0422. The molecule has 0 unspecified atom stereocenters. The van der Waals surface area contributed by atoms with Crippen molar-refractivity contribution in [2.75, 3.05) is 17.2 Å². The lowest BCUT2D eigenvalue weighted by Crippen LogP contribution is -2.04. The maximum absolute atomic E-state index is 6.18. The first kappa shape index (κ1) is 19.6. The summed E-state index contributed by atoms with van der Waals surface area (Å²) in [6.45, 7) is 0. The number of fused-ring (bicyclic) bond motifs is 1. The molecule has 10 nitrogen and oxygen atoms in total. The van der Waals surface area contributed by atoms with Crippen molar-refractivity contribution in [3.05, 3.63) is 58.6 Å². The van der Waals surface area contributed by atoms with Crippen LogP contribution in [0.2, 0.25) is 10.0 Å². The molecule has 12 heteroatoms. The second-order valence-electron chi connectivity index (χ2n) is 6.05. The monoisotopic (exact) mass is 440 g/mol. The van der Waals surface area contributed by atoms with Crippen molar-refractivity contribution in [3.63, 3.8) is 0 Å². The number of nitrogens with zero attached hydrogens (tertiary/aromatic N) is 7. The van der Waals surface area contributed by atoms with Gasteiger partial charge < -0.3 is 17.2 Å². The summed E-state index contributed by atoms with van der Waals surface area (Å²) in [6.07, 6.45) is 0. The largest absolute Gasteiger partial charge is 0.382 e. The Labute approximate surface area is 180 Å². The van der Waals surface area contributed by atoms with Crippen molar-refractivity contribution in [1.29, 1.82) is 0 Å². The summed E-state index contributed by atoms with van der Waals surface area (Å²) in [5.41, 5.74) is 20.0. The highest BCUT2D eigenvalue weighted by atomic mass is 35.5. The molecule has 0 amide bonds. The summed E-state index contributed by atoms with van der Waals surface area (Å²) in [7, 11) is 0. The van der Waals surface area contributed by atoms with E-state index >= 15 is 0 Å².